The molecule has 3 nitrogen and oxygen atoms in total. The van der Waals surface area contributed by atoms with Gasteiger partial charge in [-0.15, -0.1) is 0 Å². The molecule has 74 valence electrons. The second-order valence-electron chi connectivity index (χ2n) is 4.46. The molecule has 0 heterocycles. The van der Waals surface area contributed by atoms with Gasteiger partial charge in [0.1, 0.15) is 0 Å². The Hall–Kier alpha value is -0.590. The molecule has 0 aromatic carbocycles. The van der Waals surface area contributed by atoms with E-state index in [1.54, 1.807) is 0 Å². The average Bonchev–Trinajstić information content (AvgIpc) is 2.51. The van der Waals surface area contributed by atoms with Gasteiger partial charge in [0.25, 0.3) is 0 Å². The zero-order valence-corrected chi connectivity index (χ0v) is 8.38. The third-order valence-electron chi connectivity index (χ3n) is 2.65. The van der Waals surface area contributed by atoms with Gasteiger partial charge in [0.2, 0.25) is 0 Å². The van der Waals surface area contributed by atoms with Gasteiger partial charge in [0, 0.05) is 11.6 Å². The zero-order valence-electron chi connectivity index (χ0n) is 8.38. The average molecular weight is 182 g/mol. The number of aliphatic hydroxyl groups is 1. The minimum Gasteiger partial charge on any atom is -0.394 e. The van der Waals surface area contributed by atoms with E-state index in [9.17, 15) is 0 Å². The lowest BCUT2D eigenvalue weighted by Crippen LogP contribution is -2.49. The van der Waals surface area contributed by atoms with Gasteiger partial charge in [-0.3, -0.25) is 0 Å². The first-order chi connectivity index (χ1) is 6.09. The molecule has 1 saturated carbocycles. The van der Waals surface area contributed by atoms with E-state index in [4.69, 9.17) is 10.4 Å². The number of hydrogen-bond donors (Lipinski definition) is 2. The maximum Gasteiger partial charge on any atom is 0.0672 e. The highest BCUT2D eigenvalue weighted by Gasteiger charge is 2.31. The van der Waals surface area contributed by atoms with Gasteiger partial charge >= 0.3 is 0 Å². The molecule has 2 unspecified atom stereocenters. The van der Waals surface area contributed by atoms with Crippen molar-refractivity contribution in [2.24, 2.45) is 5.92 Å². The summed E-state index contributed by atoms with van der Waals surface area (Å²) in [7, 11) is 0. The molecule has 1 rings (SSSR count). The predicted molar refractivity (Wildman–Crippen MR) is 51.0 cm³/mol. The van der Waals surface area contributed by atoms with Crippen molar-refractivity contribution < 1.29 is 5.11 Å². The summed E-state index contributed by atoms with van der Waals surface area (Å²) in [5.41, 5.74) is -0.260. The molecule has 0 aromatic rings. The van der Waals surface area contributed by atoms with Crippen LogP contribution in [0.1, 0.15) is 33.1 Å². The molecule has 0 aromatic heterocycles. The smallest absolute Gasteiger partial charge is 0.0672 e. The zero-order chi connectivity index (χ0) is 9.90. The Morgan fingerprint density at radius 2 is 2.23 bits per heavy atom. The predicted octanol–water partition coefficient (Wildman–Crippen LogP) is 1.04. The van der Waals surface area contributed by atoms with Crippen LogP contribution in [0.5, 0.6) is 0 Å². The molecule has 1 fully saturated rings. The van der Waals surface area contributed by atoms with Crippen LogP contribution in [0.2, 0.25) is 0 Å². The van der Waals surface area contributed by atoms with Crippen LogP contribution in [-0.4, -0.2) is 23.3 Å². The number of rotatable bonds is 3. The first kappa shape index (κ1) is 10.5. The molecular formula is C10H18N2O. The minimum absolute atomic E-state index is 0.113. The fourth-order valence-electron chi connectivity index (χ4n) is 1.83. The number of nitrogens with one attached hydrogen (secondary N) is 1. The van der Waals surface area contributed by atoms with E-state index in [1.165, 1.54) is 0 Å². The molecule has 0 saturated heterocycles. The summed E-state index contributed by atoms with van der Waals surface area (Å²) in [6, 6.07) is 2.59. The molecule has 0 radical (unpaired) electrons. The fraction of sp³-hybridized carbons (Fsp3) is 0.900. The first-order valence-electron chi connectivity index (χ1n) is 4.87. The largest absolute Gasteiger partial charge is 0.394 e. The first-order valence-corrected chi connectivity index (χ1v) is 4.87. The molecule has 1 aliphatic carbocycles. The van der Waals surface area contributed by atoms with Crippen molar-refractivity contribution in [3.05, 3.63) is 0 Å². The lowest BCUT2D eigenvalue weighted by molar-refractivity contribution is 0.170. The number of nitrogens with zero attached hydrogens (tertiary/aromatic N) is 1. The standard InChI is InChI=1S/C10H18N2O/c1-10(2,7-13)12-9-5-3-4-8(9)6-11/h8-9,12-13H,3-5,7H2,1-2H3. The molecular weight excluding hydrogens is 164 g/mol. The molecule has 2 N–H and O–H groups in total. The van der Waals surface area contributed by atoms with Gasteiger partial charge in [-0.05, 0) is 26.7 Å². The summed E-state index contributed by atoms with van der Waals surface area (Å²) in [4.78, 5) is 0. The normalized spacial score (nSPS) is 28.8. The van der Waals surface area contributed by atoms with Crippen molar-refractivity contribution in [1.82, 2.24) is 5.32 Å². The van der Waals surface area contributed by atoms with E-state index in [2.05, 4.69) is 11.4 Å². The number of hydrogen-bond acceptors (Lipinski definition) is 3. The Morgan fingerprint density at radius 3 is 2.77 bits per heavy atom. The molecule has 3 heteroatoms. The van der Waals surface area contributed by atoms with Gasteiger partial charge in [-0.1, -0.05) is 6.42 Å². The summed E-state index contributed by atoms with van der Waals surface area (Å²) < 4.78 is 0. The Kier molecular flexibility index (Phi) is 3.29. The van der Waals surface area contributed by atoms with Crippen LogP contribution in [0.25, 0.3) is 0 Å². The number of aliphatic hydroxyl groups excluding tert-OH is 1. The van der Waals surface area contributed by atoms with Crippen molar-refractivity contribution in [1.29, 1.82) is 5.26 Å². The minimum atomic E-state index is -0.260. The van der Waals surface area contributed by atoms with Crippen LogP contribution in [0.3, 0.4) is 0 Å². The molecule has 1 aliphatic rings. The molecule has 2 atom stereocenters. The Labute approximate surface area is 79.8 Å². The third-order valence-corrected chi connectivity index (χ3v) is 2.65. The van der Waals surface area contributed by atoms with E-state index in [1.807, 2.05) is 13.8 Å². The van der Waals surface area contributed by atoms with Gasteiger partial charge in [0.05, 0.1) is 18.6 Å². The van der Waals surface area contributed by atoms with Crippen molar-refractivity contribution in [3.63, 3.8) is 0 Å². The van der Waals surface area contributed by atoms with Gasteiger partial charge in [-0.25, -0.2) is 0 Å². The topological polar surface area (TPSA) is 56.0 Å². The fourth-order valence-corrected chi connectivity index (χ4v) is 1.83. The second kappa shape index (κ2) is 4.08. The molecule has 0 aliphatic heterocycles. The Balaban J connectivity index is 2.49. The van der Waals surface area contributed by atoms with Crippen molar-refractivity contribution >= 4 is 0 Å². The van der Waals surface area contributed by atoms with Crippen molar-refractivity contribution in [2.45, 2.75) is 44.7 Å². The second-order valence-corrected chi connectivity index (χ2v) is 4.46. The summed E-state index contributed by atoms with van der Waals surface area (Å²) >= 11 is 0. The van der Waals surface area contributed by atoms with E-state index >= 15 is 0 Å². The van der Waals surface area contributed by atoms with Crippen molar-refractivity contribution in [2.75, 3.05) is 6.61 Å². The summed E-state index contributed by atoms with van der Waals surface area (Å²) in [6.07, 6.45) is 3.18. The van der Waals surface area contributed by atoms with E-state index < -0.39 is 0 Å². The number of nitriles is 1. The van der Waals surface area contributed by atoms with E-state index in [0.29, 0.717) is 0 Å². The van der Waals surface area contributed by atoms with Crippen molar-refractivity contribution in [3.8, 4) is 6.07 Å². The van der Waals surface area contributed by atoms with Crippen LogP contribution in [-0.2, 0) is 0 Å². The Bertz CT molecular complexity index is 207. The monoisotopic (exact) mass is 182 g/mol. The summed E-state index contributed by atoms with van der Waals surface area (Å²) in [5, 5.41) is 21.3. The molecule has 0 bridgehead atoms. The quantitative estimate of drug-likeness (QED) is 0.685. The molecule has 0 amide bonds. The summed E-state index contributed by atoms with van der Waals surface area (Å²) in [5.74, 6) is 0.130. The van der Waals surface area contributed by atoms with Crippen LogP contribution >= 0.6 is 0 Å². The highest BCUT2D eigenvalue weighted by atomic mass is 16.3. The van der Waals surface area contributed by atoms with Crippen LogP contribution in [0, 0.1) is 17.2 Å². The van der Waals surface area contributed by atoms with Crippen LogP contribution in [0.15, 0.2) is 0 Å². The highest BCUT2D eigenvalue weighted by molar-refractivity contribution is 4.98. The maximum absolute atomic E-state index is 9.07. The molecule has 13 heavy (non-hydrogen) atoms. The SMILES string of the molecule is CC(C)(CO)NC1CCCC1C#N. The van der Waals surface area contributed by atoms with Crippen LogP contribution in [0.4, 0.5) is 0 Å². The maximum atomic E-state index is 9.07. The lowest BCUT2D eigenvalue weighted by Gasteiger charge is -2.29. The Morgan fingerprint density at radius 1 is 1.54 bits per heavy atom. The third kappa shape index (κ3) is 2.68. The van der Waals surface area contributed by atoms with E-state index in [-0.39, 0.29) is 24.1 Å². The van der Waals surface area contributed by atoms with Gasteiger partial charge in [-0.2, -0.15) is 5.26 Å². The van der Waals surface area contributed by atoms with Gasteiger partial charge < -0.3 is 10.4 Å². The molecule has 0 spiro atoms. The lowest BCUT2D eigenvalue weighted by atomic mass is 10.00. The van der Waals surface area contributed by atoms with E-state index in [0.717, 1.165) is 19.3 Å². The van der Waals surface area contributed by atoms with Crippen LogP contribution < -0.4 is 5.32 Å². The van der Waals surface area contributed by atoms with Gasteiger partial charge in [0.15, 0.2) is 0 Å². The summed E-state index contributed by atoms with van der Waals surface area (Å²) in [6.45, 7) is 4.03. The highest BCUT2D eigenvalue weighted by Crippen LogP contribution is 2.26.